The lowest BCUT2D eigenvalue weighted by Crippen LogP contribution is -2.47. The van der Waals surface area contributed by atoms with E-state index in [4.69, 9.17) is 0 Å². The van der Waals surface area contributed by atoms with Crippen molar-refractivity contribution in [3.63, 3.8) is 0 Å². The van der Waals surface area contributed by atoms with Crippen LogP contribution in [0.15, 0.2) is 18.2 Å². The lowest BCUT2D eigenvalue weighted by Gasteiger charge is -2.31. The second-order valence-electron chi connectivity index (χ2n) is 6.58. The van der Waals surface area contributed by atoms with Gasteiger partial charge in [0.05, 0.1) is 17.2 Å². The van der Waals surface area contributed by atoms with Crippen molar-refractivity contribution < 1.29 is 18.0 Å². The summed E-state index contributed by atoms with van der Waals surface area (Å²) < 4.78 is 23.4. The van der Waals surface area contributed by atoms with Crippen LogP contribution >= 0.6 is 0 Å². The molecule has 0 bridgehead atoms. The number of carbonyl (C=O) groups excluding carboxylic acids is 2. The second kappa shape index (κ2) is 7.56. The fourth-order valence-corrected chi connectivity index (χ4v) is 5.20. The molecule has 1 unspecified atom stereocenters. The van der Waals surface area contributed by atoms with Gasteiger partial charge in [-0.3, -0.25) is 9.59 Å². The molecule has 1 heterocycles. The Labute approximate surface area is 149 Å². The first-order chi connectivity index (χ1) is 11.7. The average Bonchev–Trinajstić information content (AvgIpc) is 2.86. The number of hydrogen-bond donors (Lipinski definition) is 0. The first kappa shape index (κ1) is 19.4. The summed E-state index contributed by atoms with van der Waals surface area (Å²) in [5, 5.41) is 0. The topological polar surface area (TPSA) is 74.8 Å². The number of para-hydroxylation sites is 1. The molecule has 0 saturated carbocycles. The van der Waals surface area contributed by atoms with Gasteiger partial charge in [0.2, 0.25) is 11.8 Å². The van der Waals surface area contributed by atoms with E-state index >= 15 is 0 Å². The van der Waals surface area contributed by atoms with Gasteiger partial charge in [-0.15, -0.1) is 0 Å². The Morgan fingerprint density at radius 2 is 1.80 bits per heavy atom. The Hall–Kier alpha value is -1.89. The Bertz CT molecular complexity index is 753. The van der Waals surface area contributed by atoms with E-state index in [1.165, 1.54) is 11.8 Å². The van der Waals surface area contributed by atoms with E-state index in [9.17, 15) is 18.0 Å². The van der Waals surface area contributed by atoms with Gasteiger partial charge in [-0.1, -0.05) is 18.2 Å². The summed E-state index contributed by atoms with van der Waals surface area (Å²) in [7, 11) is -3.07. The van der Waals surface area contributed by atoms with Crippen molar-refractivity contribution in [2.24, 2.45) is 0 Å². The normalized spacial score (nSPS) is 18.8. The van der Waals surface area contributed by atoms with Gasteiger partial charge in [-0.05, 0) is 38.3 Å². The molecule has 138 valence electrons. The van der Waals surface area contributed by atoms with Crippen LogP contribution in [0.3, 0.4) is 0 Å². The van der Waals surface area contributed by atoms with Gasteiger partial charge in [0.25, 0.3) is 0 Å². The van der Waals surface area contributed by atoms with Crippen molar-refractivity contribution in [1.29, 1.82) is 0 Å². The maximum atomic E-state index is 12.8. The van der Waals surface area contributed by atoms with Gasteiger partial charge in [-0.25, -0.2) is 8.42 Å². The zero-order valence-electron chi connectivity index (χ0n) is 15.3. The SMILES string of the molecule is CCN(C(=O)CN(C(C)=O)c1c(C)cccc1C)C1CCS(=O)(=O)C1. The predicted octanol–water partition coefficient (Wildman–Crippen LogP) is 1.69. The van der Waals surface area contributed by atoms with Crippen molar-refractivity contribution in [3.05, 3.63) is 29.3 Å². The van der Waals surface area contributed by atoms with E-state index in [1.54, 1.807) is 4.90 Å². The summed E-state index contributed by atoms with van der Waals surface area (Å²) >= 11 is 0. The van der Waals surface area contributed by atoms with Crippen LogP contribution in [0, 0.1) is 13.8 Å². The van der Waals surface area contributed by atoms with Gasteiger partial charge in [-0.2, -0.15) is 0 Å². The third kappa shape index (κ3) is 4.39. The maximum absolute atomic E-state index is 12.8. The molecular weight excluding hydrogens is 340 g/mol. The summed E-state index contributed by atoms with van der Waals surface area (Å²) in [5.41, 5.74) is 2.60. The molecule has 1 aromatic carbocycles. The highest BCUT2D eigenvalue weighted by molar-refractivity contribution is 7.91. The summed E-state index contributed by atoms with van der Waals surface area (Å²) in [4.78, 5) is 28.1. The molecule has 25 heavy (non-hydrogen) atoms. The minimum Gasteiger partial charge on any atom is -0.337 e. The highest BCUT2D eigenvalue weighted by atomic mass is 32.2. The van der Waals surface area contributed by atoms with Crippen LogP contribution in [0.5, 0.6) is 0 Å². The summed E-state index contributed by atoms with van der Waals surface area (Å²) in [5.74, 6) is -0.298. The van der Waals surface area contributed by atoms with E-state index in [0.29, 0.717) is 13.0 Å². The van der Waals surface area contributed by atoms with E-state index in [2.05, 4.69) is 0 Å². The van der Waals surface area contributed by atoms with Crippen LogP contribution in [0.1, 0.15) is 31.4 Å². The van der Waals surface area contributed by atoms with Crippen LogP contribution in [0.4, 0.5) is 5.69 Å². The Kier molecular flexibility index (Phi) is 5.87. The first-order valence-corrected chi connectivity index (χ1v) is 10.3. The Morgan fingerprint density at radius 3 is 2.24 bits per heavy atom. The smallest absolute Gasteiger partial charge is 0.242 e. The molecule has 2 amide bonds. The molecule has 0 N–H and O–H groups in total. The van der Waals surface area contributed by atoms with Crippen molar-refractivity contribution in [2.45, 2.75) is 40.2 Å². The highest BCUT2D eigenvalue weighted by Gasteiger charge is 2.34. The monoisotopic (exact) mass is 366 g/mol. The van der Waals surface area contributed by atoms with E-state index in [1.807, 2.05) is 39.0 Å². The average molecular weight is 366 g/mol. The lowest BCUT2D eigenvalue weighted by atomic mass is 10.1. The first-order valence-electron chi connectivity index (χ1n) is 8.50. The summed E-state index contributed by atoms with van der Waals surface area (Å²) in [6.07, 6.45) is 0.464. The molecule has 1 fully saturated rings. The molecule has 0 radical (unpaired) electrons. The molecule has 7 heteroatoms. The van der Waals surface area contributed by atoms with Crippen LogP contribution in [-0.4, -0.2) is 55.8 Å². The Balaban J connectivity index is 2.24. The second-order valence-corrected chi connectivity index (χ2v) is 8.81. The molecule has 1 saturated heterocycles. The van der Waals surface area contributed by atoms with Crippen LogP contribution in [0.2, 0.25) is 0 Å². The minimum absolute atomic E-state index is 0.00996. The molecule has 1 aromatic rings. The molecule has 6 nitrogen and oxygen atoms in total. The largest absolute Gasteiger partial charge is 0.337 e. The number of hydrogen-bond acceptors (Lipinski definition) is 4. The Morgan fingerprint density at radius 1 is 1.20 bits per heavy atom. The van der Waals surface area contributed by atoms with Crippen LogP contribution < -0.4 is 4.90 Å². The van der Waals surface area contributed by atoms with E-state index < -0.39 is 9.84 Å². The minimum atomic E-state index is -3.07. The number of nitrogens with zero attached hydrogens (tertiary/aromatic N) is 2. The lowest BCUT2D eigenvalue weighted by molar-refractivity contribution is -0.132. The van der Waals surface area contributed by atoms with Gasteiger partial charge in [0.1, 0.15) is 6.54 Å². The molecule has 1 atom stereocenters. The zero-order valence-corrected chi connectivity index (χ0v) is 16.1. The number of likely N-dealkylation sites (N-methyl/N-ethyl adjacent to an activating group) is 1. The van der Waals surface area contributed by atoms with Crippen molar-refractivity contribution in [2.75, 3.05) is 29.5 Å². The number of rotatable bonds is 5. The number of anilines is 1. The third-order valence-electron chi connectivity index (χ3n) is 4.69. The van der Waals surface area contributed by atoms with Crippen LogP contribution in [0.25, 0.3) is 0 Å². The molecule has 0 spiro atoms. The van der Waals surface area contributed by atoms with E-state index in [-0.39, 0.29) is 35.9 Å². The molecule has 1 aliphatic heterocycles. The molecule has 2 rings (SSSR count). The fraction of sp³-hybridized carbons (Fsp3) is 0.556. The number of aryl methyl sites for hydroxylation is 2. The molecule has 1 aliphatic rings. The summed E-state index contributed by atoms with van der Waals surface area (Å²) in [6.45, 7) is 7.44. The van der Waals surface area contributed by atoms with Crippen molar-refractivity contribution >= 4 is 27.3 Å². The van der Waals surface area contributed by atoms with E-state index in [0.717, 1.165) is 16.8 Å². The molecular formula is C18H26N2O4S. The maximum Gasteiger partial charge on any atom is 0.242 e. The standard InChI is InChI=1S/C18H26N2O4S/c1-5-19(16-9-10-25(23,24)12-16)17(22)11-20(15(4)21)18-13(2)7-6-8-14(18)3/h6-8,16H,5,9-12H2,1-4H3. The van der Waals surface area contributed by atoms with Gasteiger partial charge in [0.15, 0.2) is 9.84 Å². The predicted molar refractivity (Wildman–Crippen MR) is 98.4 cm³/mol. The quantitative estimate of drug-likeness (QED) is 0.795. The number of benzene rings is 1. The van der Waals surface area contributed by atoms with Gasteiger partial charge >= 0.3 is 0 Å². The number of carbonyl (C=O) groups is 2. The number of amides is 2. The fourth-order valence-electron chi connectivity index (χ4n) is 3.46. The number of sulfone groups is 1. The highest BCUT2D eigenvalue weighted by Crippen LogP contribution is 2.25. The summed E-state index contributed by atoms with van der Waals surface area (Å²) in [6, 6.07) is 5.43. The van der Waals surface area contributed by atoms with Crippen molar-refractivity contribution in [1.82, 2.24) is 4.90 Å². The van der Waals surface area contributed by atoms with Crippen LogP contribution in [-0.2, 0) is 19.4 Å². The van der Waals surface area contributed by atoms with Gasteiger partial charge < -0.3 is 9.80 Å². The molecule has 0 aromatic heterocycles. The molecule has 0 aliphatic carbocycles. The van der Waals surface area contributed by atoms with Gasteiger partial charge in [0, 0.05) is 19.5 Å². The van der Waals surface area contributed by atoms with Crippen molar-refractivity contribution in [3.8, 4) is 0 Å². The third-order valence-corrected chi connectivity index (χ3v) is 6.44. The zero-order chi connectivity index (χ0) is 18.8.